The third-order valence-electron chi connectivity index (χ3n) is 3.59. The van der Waals surface area contributed by atoms with Gasteiger partial charge < -0.3 is 10.1 Å². The number of nitrogens with one attached hydrogen (secondary N) is 1. The molecule has 1 aromatic rings. The minimum atomic E-state index is -1.46. The molecule has 1 aromatic carbocycles. The number of carbonyl (C=O) groups is 3. The van der Waals surface area contributed by atoms with E-state index in [0.717, 1.165) is 25.7 Å². The highest BCUT2D eigenvalue weighted by Crippen LogP contribution is 2.18. The van der Waals surface area contributed by atoms with E-state index in [1.165, 1.54) is 19.1 Å². The molecule has 0 bridgehead atoms. The van der Waals surface area contributed by atoms with Gasteiger partial charge in [-0.1, -0.05) is 24.4 Å². The molecule has 2 rings (SSSR count). The molecule has 1 fully saturated rings. The van der Waals surface area contributed by atoms with Crippen molar-refractivity contribution in [3.05, 3.63) is 34.9 Å². The predicted octanol–water partition coefficient (Wildman–Crippen LogP) is 2.51. The molecular weight excluding hydrogens is 306 g/mol. The molecule has 5 nitrogen and oxygen atoms in total. The van der Waals surface area contributed by atoms with Gasteiger partial charge >= 0.3 is 5.97 Å². The van der Waals surface area contributed by atoms with E-state index in [2.05, 4.69) is 5.32 Å². The summed E-state index contributed by atoms with van der Waals surface area (Å²) in [6, 6.07) is 6.15. The van der Waals surface area contributed by atoms with Crippen molar-refractivity contribution in [1.82, 2.24) is 5.32 Å². The number of rotatable bonds is 5. The first kappa shape index (κ1) is 16.5. The highest BCUT2D eigenvalue weighted by molar-refractivity contribution is 6.30. The Kier molecular flexibility index (Phi) is 5.55. The Bertz CT molecular complexity index is 564. The molecule has 118 valence electrons. The van der Waals surface area contributed by atoms with Crippen LogP contribution >= 0.6 is 11.6 Å². The Morgan fingerprint density at radius 3 is 2.32 bits per heavy atom. The fourth-order valence-electron chi connectivity index (χ4n) is 2.50. The molecule has 1 N–H and O–H groups in total. The molecule has 22 heavy (non-hydrogen) atoms. The standard InChI is InChI=1S/C16H18ClNO4/c1-10(19)22-15(16(21)18-13-4-2-3-5-13)14(20)11-6-8-12(17)9-7-11/h6-9,13,15H,2-5H2,1H3,(H,18,21). The second kappa shape index (κ2) is 7.40. The number of carbonyl (C=O) groups excluding carboxylic acids is 3. The molecule has 0 heterocycles. The van der Waals surface area contributed by atoms with Crippen molar-refractivity contribution in [2.75, 3.05) is 0 Å². The lowest BCUT2D eigenvalue weighted by Crippen LogP contribution is -2.46. The molecule has 0 spiro atoms. The van der Waals surface area contributed by atoms with Gasteiger partial charge in [0.15, 0.2) is 0 Å². The van der Waals surface area contributed by atoms with Crippen molar-refractivity contribution in [2.45, 2.75) is 44.8 Å². The van der Waals surface area contributed by atoms with Crippen molar-refractivity contribution in [2.24, 2.45) is 0 Å². The van der Waals surface area contributed by atoms with Crippen LogP contribution in [0.4, 0.5) is 0 Å². The van der Waals surface area contributed by atoms with Crippen molar-refractivity contribution >= 4 is 29.3 Å². The molecule has 1 saturated carbocycles. The number of Topliss-reactive ketones (excluding diaryl/α,β-unsaturated/α-hetero) is 1. The Morgan fingerprint density at radius 2 is 1.77 bits per heavy atom. The topological polar surface area (TPSA) is 72.5 Å². The highest BCUT2D eigenvalue weighted by Gasteiger charge is 2.32. The number of amides is 1. The summed E-state index contributed by atoms with van der Waals surface area (Å²) in [6.07, 6.45) is 2.41. The van der Waals surface area contributed by atoms with E-state index < -0.39 is 23.8 Å². The minimum absolute atomic E-state index is 0.0450. The van der Waals surface area contributed by atoms with Crippen LogP contribution in [-0.4, -0.2) is 29.8 Å². The van der Waals surface area contributed by atoms with Crippen LogP contribution in [0.1, 0.15) is 43.0 Å². The van der Waals surface area contributed by atoms with Gasteiger partial charge in [0.1, 0.15) is 0 Å². The average molecular weight is 324 g/mol. The Labute approximate surface area is 134 Å². The van der Waals surface area contributed by atoms with Crippen LogP contribution in [0.2, 0.25) is 5.02 Å². The second-order valence-corrected chi connectivity index (χ2v) is 5.79. The zero-order valence-electron chi connectivity index (χ0n) is 12.3. The van der Waals surface area contributed by atoms with Gasteiger partial charge in [-0.2, -0.15) is 0 Å². The van der Waals surface area contributed by atoms with Crippen LogP contribution in [0.15, 0.2) is 24.3 Å². The van der Waals surface area contributed by atoms with Crippen LogP contribution in [0.5, 0.6) is 0 Å². The van der Waals surface area contributed by atoms with Crippen molar-refractivity contribution in [3.63, 3.8) is 0 Å². The lowest BCUT2D eigenvalue weighted by atomic mass is 10.1. The number of hydrogen-bond acceptors (Lipinski definition) is 4. The van der Waals surface area contributed by atoms with Crippen LogP contribution < -0.4 is 5.32 Å². The molecular formula is C16H18ClNO4. The summed E-state index contributed by atoms with van der Waals surface area (Å²) in [5.41, 5.74) is 0.275. The lowest BCUT2D eigenvalue weighted by molar-refractivity contribution is -0.151. The van der Waals surface area contributed by atoms with E-state index in [1.54, 1.807) is 12.1 Å². The second-order valence-electron chi connectivity index (χ2n) is 5.35. The maximum absolute atomic E-state index is 12.4. The maximum atomic E-state index is 12.4. The Morgan fingerprint density at radius 1 is 1.18 bits per heavy atom. The zero-order chi connectivity index (χ0) is 16.1. The summed E-state index contributed by atoms with van der Waals surface area (Å²) in [5, 5.41) is 3.27. The number of benzene rings is 1. The van der Waals surface area contributed by atoms with E-state index in [4.69, 9.17) is 16.3 Å². The molecule has 0 aliphatic heterocycles. The quantitative estimate of drug-likeness (QED) is 0.513. The summed E-state index contributed by atoms with van der Waals surface area (Å²) in [6.45, 7) is 1.17. The molecule has 1 atom stereocenters. The number of ether oxygens (including phenoxy) is 1. The first-order valence-corrected chi connectivity index (χ1v) is 7.62. The predicted molar refractivity (Wildman–Crippen MR) is 81.7 cm³/mol. The van der Waals surface area contributed by atoms with E-state index in [9.17, 15) is 14.4 Å². The average Bonchev–Trinajstić information content (AvgIpc) is 2.97. The van der Waals surface area contributed by atoms with Gasteiger partial charge in [0.05, 0.1) is 0 Å². The van der Waals surface area contributed by atoms with Gasteiger partial charge in [0.25, 0.3) is 5.91 Å². The van der Waals surface area contributed by atoms with E-state index in [1.807, 2.05) is 0 Å². The summed E-state index contributed by atoms with van der Waals surface area (Å²) >= 11 is 5.78. The SMILES string of the molecule is CC(=O)OC(C(=O)NC1CCCC1)C(=O)c1ccc(Cl)cc1. The van der Waals surface area contributed by atoms with Crippen LogP contribution in [-0.2, 0) is 14.3 Å². The van der Waals surface area contributed by atoms with Crippen LogP contribution in [0.25, 0.3) is 0 Å². The zero-order valence-corrected chi connectivity index (χ0v) is 13.1. The third kappa shape index (κ3) is 4.31. The van der Waals surface area contributed by atoms with Gasteiger partial charge in [0.2, 0.25) is 11.9 Å². The molecule has 0 radical (unpaired) electrons. The third-order valence-corrected chi connectivity index (χ3v) is 3.84. The van der Waals surface area contributed by atoms with Gasteiger partial charge in [0, 0.05) is 23.6 Å². The first-order valence-electron chi connectivity index (χ1n) is 7.25. The monoisotopic (exact) mass is 323 g/mol. The first-order chi connectivity index (χ1) is 10.5. The number of halogens is 1. The summed E-state index contributed by atoms with van der Waals surface area (Å²) < 4.78 is 4.94. The Balaban J connectivity index is 2.13. The van der Waals surface area contributed by atoms with E-state index in [0.29, 0.717) is 5.02 Å². The molecule has 1 amide bonds. The lowest BCUT2D eigenvalue weighted by Gasteiger charge is -2.18. The molecule has 1 aliphatic rings. The fraction of sp³-hybridized carbons (Fsp3) is 0.438. The van der Waals surface area contributed by atoms with Crippen molar-refractivity contribution < 1.29 is 19.1 Å². The largest absolute Gasteiger partial charge is 0.444 e. The Hall–Kier alpha value is -1.88. The molecule has 6 heteroatoms. The van der Waals surface area contributed by atoms with Gasteiger partial charge in [-0.05, 0) is 37.1 Å². The summed E-state index contributed by atoms with van der Waals surface area (Å²) in [5.74, 6) is -1.79. The number of hydrogen-bond donors (Lipinski definition) is 1. The molecule has 1 unspecified atom stereocenters. The van der Waals surface area contributed by atoms with Crippen LogP contribution in [0.3, 0.4) is 0 Å². The summed E-state index contributed by atoms with van der Waals surface area (Å²) in [4.78, 5) is 35.9. The number of esters is 1. The highest BCUT2D eigenvalue weighted by atomic mass is 35.5. The normalized spacial score (nSPS) is 16.1. The van der Waals surface area contributed by atoms with Crippen LogP contribution in [0, 0.1) is 0 Å². The summed E-state index contributed by atoms with van der Waals surface area (Å²) in [7, 11) is 0. The molecule has 0 saturated heterocycles. The van der Waals surface area contributed by atoms with E-state index in [-0.39, 0.29) is 11.6 Å². The smallest absolute Gasteiger partial charge is 0.303 e. The van der Waals surface area contributed by atoms with Crippen molar-refractivity contribution in [1.29, 1.82) is 0 Å². The fourth-order valence-corrected chi connectivity index (χ4v) is 2.63. The van der Waals surface area contributed by atoms with Crippen molar-refractivity contribution in [3.8, 4) is 0 Å². The minimum Gasteiger partial charge on any atom is -0.444 e. The number of ketones is 1. The maximum Gasteiger partial charge on any atom is 0.303 e. The van der Waals surface area contributed by atoms with E-state index >= 15 is 0 Å². The molecule has 1 aliphatic carbocycles. The van der Waals surface area contributed by atoms with Gasteiger partial charge in [-0.3, -0.25) is 14.4 Å². The van der Waals surface area contributed by atoms with Gasteiger partial charge in [-0.25, -0.2) is 0 Å². The molecule has 0 aromatic heterocycles. The van der Waals surface area contributed by atoms with Gasteiger partial charge in [-0.15, -0.1) is 0 Å².